The fraction of sp³-hybridized carbons (Fsp3) is 0.462. The summed E-state index contributed by atoms with van der Waals surface area (Å²) >= 11 is 0. The molecule has 2 aromatic heterocycles. The molecule has 0 fully saturated rings. The van der Waals surface area contributed by atoms with Gasteiger partial charge in [-0.05, 0) is 26.2 Å². The normalized spacial score (nSPS) is 12.6. The monoisotopic (exact) mass is 278 g/mol. The van der Waals surface area contributed by atoms with Gasteiger partial charge >= 0.3 is 0 Å². The second kappa shape index (κ2) is 6.33. The Morgan fingerprint density at radius 1 is 1.50 bits per heavy atom. The molecule has 1 N–H and O–H groups in total. The Morgan fingerprint density at radius 2 is 2.30 bits per heavy atom. The maximum absolute atomic E-state index is 11.8. The molecule has 0 spiro atoms. The summed E-state index contributed by atoms with van der Waals surface area (Å²) < 4.78 is 10.2. The van der Waals surface area contributed by atoms with Crippen molar-refractivity contribution in [3.05, 3.63) is 35.9 Å². The molecule has 0 aliphatic rings. The lowest BCUT2D eigenvalue weighted by molar-refractivity contribution is -0.120. The van der Waals surface area contributed by atoms with Gasteiger partial charge in [-0.1, -0.05) is 5.16 Å². The molecule has 0 saturated heterocycles. The van der Waals surface area contributed by atoms with Gasteiger partial charge < -0.3 is 14.3 Å². The minimum atomic E-state index is -0.149. The van der Waals surface area contributed by atoms with E-state index in [2.05, 4.69) is 15.5 Å². The SMILES string of the molecule is Cc1nc(CC(=O)NCC(c2ccco2)N(C)C)no1. The highest BCUT2D eigenvalue weighted by Crippen LogP contribution is 2.17. The van der Waals surface area contributed by atoms with Crippen molar-refractivity contribution in [2.45, 2.75) is 19.4 Å². The first kappa shape index (κ1) is 14.3. The summed E-state index contributed by atoms with van der Waals surface area (Å²) in [5.41, 5.74) is 0. The van der Waals surface area contributed by atoms with Crippen molar-refractivity contribution < 1.29 is 13.7 Å². The van der Waals surface area contributed by atoms with Crippen molar-refractivity contribution in [3.63, 3.8) is 0 Å². The maximum atomic E-state index is 11.8. The topological polar surface area (TPSA) is 84.4 Å². The highest BCUT2D eigenvalue weighted by Gasteiger charge is 2.18. The summed E-state index contributed by atoms with van der Waals surface area (Å²) in [6.45, 7) is 2.14. The number of nitrogens with zero attached hydrogens (tertiary/aromatic N) is 3. The second-order valence-corrected chi connectivity index (χ2v) is 4.71. The van der Waals surface area contributed by atoms with Crippen LogP contribution in [0.4, 0.5) is 0 Å². The van der Waals surface area contributed by atoms with E-state index >= 15 is 0 Å². The molecule has 1 unspecified atom stereocenters. The van der Waals surface area contributed by atoms with E-state index in [0.717, 1.165) is 5.76 Å². The minimum absolute atomic E-state index is 0.0130. The summed E-state index contributed by atoms with van der Waals surface area (Å²) in [5, 5.41) is 6.54. The molecule has 7 nitrogen and oxygen atoms in total. The Hall–Kier alpha value is -2.15. The molecule has 2 aromatic rings. The first-order chi connectivity index (χ1) is 9.56. The first-order valence-electron chi connectivity index (χ1n) is 6.32. The van der Waals surface area contributed by atoms with E-state index in [0.29, 0.717) is 18.3 Å². The van der Waals surface area contributed by atoms with E-state index in [-0.39, 0.29) is 18.4 Å². The molecule has 1 amide bonds. The van der Waals surface area contributed by atoms with Gasteiger partial charge in [0.05, 0.1) is 18.7 Å². The third-order valence-corrected chi connectivity index (χ3v) is 2.88. The molecule has 108 valence electrons. The Balaban J connectivity index is 1.88. The molecule has 0 radical (unpaired) electrons. The van der Waals surface area contributed by atoms with E-state index in [1.165, 1.54) is 0 Å². The zero-order valence-corrected chi connectivity index (χ0v) is 11.8. The molecular formula is C13H18N4O3. The lowest BCUT2D eigenvalue weighted by Gasteiger charge is -2.22. The zero-order chi connectivity index (χ0) is 14.5. The van der Waals surface area contributed by atoms with Crippen LogP contribution in [0, 0.1) is 6.92 Å². The number of amides is 1. The van der Waals surface area contributed by atoms with Crippen molar-refractivity contribution >= 4 is 5.91 Å². The summed E-state index contributed by atoms with van der Waals surface area (Å²) in [5.74, 6) is 1.50. The largest absolute Gasteiger partial charge is 0.468 e. The van der Waals surface area contributed by atoms with Crippen molar-refractivity contribution in [3.8, 4) is 0 Å². The second-order valence-electron chi connectivity index (χ2n) is 4.71. The van der Waals surface area contributed by atoms with Gasteiger partial charge in [0.2, 0.25) is 11.8 Å². The number of aryl methyl sites for hydroxylation is 1. The molecule has 0 aliphatic carbocycles. The van der Waals surface area contributed by atoms with Crippen LogP contribution in [0.1, 0.15) is 23.5 Å². The highest BCUT2D eigenvalue weighted by atomic mass is 16.5. The van der Waals surface area contributed by atoms with Crippen LogP contribution in [0.25, 0.3) is 0 Å². The molecule has 0 aliphatic heterocycles. The van der Waals surface area contributed by atoms with E-state index in [1.807, 2.05) is 31.1 Å². The molecule has 0 aromatic carbocycles. The van der Waals surface area contributed by atoms with Crippen LogP contribution in [0.15, 0.2) is 27.3 Å². The predicted molar refractivity (Wildman–Crippen MR) is 70.9 cm³/mol. The predicted octanol–water partition coefficient (Wildman–Crippen LogP) is 0.933. The van der Waals surface area contributed by atoms with Crippen LogP contribution >= 0.6 is 0 Å². The Morgan fingerprint density at radius 3 is 2.85 bits per heavy atom. The number of carbonyl (C=O) groups excluding carboxylic acids is 1. The Labute approximate surface area is 116 Å². The average molecular weight is 278 g/mol. The smallest absolute Gasteiger partial charge is 0.227 e. The number of aromatic nitrogens is 2. The van der Waals surface area contributed by atoms with E-state index in [4.69, 9.17) is 8.94 Å². The zero-order valence-electron chi connectivity index (χ0n) is 11.8. The summed E-state index contributed by atoms with van der Waals surface area (Å²) in [6, 6.07) is 3.70. The molecule has 7 heteroatoms. The van der Waals surface area contributed by atoms with Crippen LogP contribution in [-0.2, 0) is 11.2 Å². The number of hydrogen-bond acceptors (Lipinski definition) is 6. The summed E-state index contributed by atoms with van der Waals surface area (Å²) in [4.78, 5) is 17.8. The van der Waals surface area contributed by atoms with Gasteiger partial charge in [-0.25, -0.2) is 0 Å². The number of likely N-dealkylation sites (N-methyl/N-ethyl adjacent to an activating group) is 1. The molecule has 2 rings (SSSR count). The number of furan rings is 1. The molecular weight excluding hydrogens is 260 g/mol. The maximum Gasteiger partial charge on any atom is 0.227 e. The van der Waals surface area contributed by atoms with Gasteiger partial charge in [-0.2, -0.15) is 4.98 Å². The third-order valence-electron chi connectivity index (χ3n) is 2.88. The van der Waals surface area contributed by atoms with Gasteiger partial charge in [0.25, 0.3) is 0 Å². The Bertz CT molecular complexity index is 548. The molecule has 0 saturated carbocycles. The third kappa shape index (κ3) is 3.67. The van der Waals surface area contributed by atoms with Crippen LogP contribution in [0.2, 0.25) is 0 Å². The van der Waals surface area contributed by atoms with Crippen molar-refractivity contribution in [2.75, 3.05) is 20.6 Å². The van der Waals surface area contributed by atoms with E-state index in [9.17, 15) is 4.79 Å². The van der Waals surface area contributed by atoms with Crippen LogP contribution in [0.3, 0.4) is 0 Å². The fourth-order valence-corrected chi connectivity index (χ4v) is 1.85. The average Bonchev–Trinajstić information content (AvgIpc) is 3.01. The number of rotatable bonds is 6. The van der Waals surface area contributed by atoms with Gasteiger partial charge in [-0.3, -0.25) is 9.69 Å². The van der Waals surface area contributed by atoms with Gasteiger partial charge in [0.1, 0.15) is 5.76 Å². The van der Waals surface area contributed by atoms with Crippen LogP contribution in [0.5, 0.6) is 0 Å². The quantitative estimate of drug-likeness (QED) is 0.846. The highest BCUT2D eigenvalue weighted by molar-refractivity contribution is 5.77. The minimum Gasteiger partial charge on any atom is -0.468 e. The van der Waals surface area contributed by atoms with Crippen LogP contribution < -0.4 is 5.32 Å². The van der Waals surface area contributed by atoms with Crippen molar-refractivity contribution in [2.24, 2.45) is 0 Å². The fourth-order valence-electron chi connectivity index (χ4n) is 1.85. The summed E-state index contributed by atoms with van der Waals surface area (Å²) in [6.07, 6.45) is 1.73. The van der Waals surface area contributed by atoms with Gasteiger partial charge in [0.15, 0.2) is 5.82 Å². The molecule has 1 atom stereocenters. The van der Waals surface area contributed by atoms with Gasteiger partial charge in [0, 0.05) is 13.5 Å². The van der Waals surface area contributed by atoms with Gasteiger partial charge in [-0.15, -0.1) is 0 Å². The molecule has 2 heterocycles. The number of hydrogen-bond donors (Lipinski definition) is 1. The Kier molecular flexibility index (Phi) is 4.52. The molecule has 0 bridgehead atoms. The van der Waals surface area contributed by atoms with E-state index in [1.54, 1.807) is 13.2 Å². The lowest BCUT2D eigenvalue weighted by atomic mass is 10.2. The first-order valence-corrected chi connectivity index (χ1v) is 6.32. The number of carbonyl (C=O) groups is 1. The number of nitrogens with one attached hydrogen (secondary N) is 1. The summed E-state index contributed by atoms with van der Waals surface area (Å²) in [7, 11) is 3.86. The van der Waals surface area contributed by atoms with Crippen molar-refractivity contribution in [1.29, 1.82) is 0 Å². The van der Waals surface area contributed by atoms with E-state index < -0.39 is 0 Å². The standard InChI is InChI=1S/C13H18N4O3/c1-9-15-12(16-20-9)7-13(18)14-8-10(17(2)3)11-5-4-6-19-11/h4-6,10H,7-8H2,1-3H3,(H,14,18). The molecule has 20 heavy (non-hydrogen) atoms. The van der Waals surface area contributed by atoms with Crippen molar-refractivity contribution in [1.82, 2.24) is 20.4 Å². The lowest BCUT2D eigenvalue weighted by Crippen LogP contribution is -2.35. The van der Waals surface area contributed by atoms with Crippen LogP contribution in [-0.4, -0.2) is 41.6 Å².